The van der Waals surface area contributed by atoms with E-state index < -0.39 is 0 Å². The van der Waals surface area contributed by atoms with Gasteiger partial charge in [0.1, 0.15) is 5.76 Å². The quantitative estimate of drug-likeness (QED) is 0.776. The van der Waals surface area contributed by atoms with Crippen molar-refractivity contribution in [2.45, 2.75) is 46.3 Å². The van der Waals surface area contributed by atoms with Gasteiger partial charge in [-0.05, 0) is 32.5 Å². The minimum atomic E-state index is 0.644. The number of piperazine rings is 1. The molecule has 0 amide bonds. The molecule has 20 heavy (non-hydrogen) atoms. The van der Waals surface area contributed by atoms with Gasteiger partial charge in [0, 0.05) is 37.8 Å². The molecule has 1 unspecified atom stereocenters. The Morgan fingerprint density at radius 1 is 1.35 bits per heavy atom. The van der Waals surface area contributed by atoms with Gasteiger partial charge in [-0.1, -0.05) is 13.8 Å². The molecule has 1 atom stereocenters. The van der Waals surface area contributed by atoms with E-state index in [-0.39, 0.29) is 0 Å². The Kier molecular flexibility index (Phi) is 6.07. The fourth-order valence-corrected chi connectivity index (χ4v) is 2.95. The van der Waals surface area contributed by atoms with Gasteiger partial charge in [-0.25, -0.2) is 0 Å². The van der Waals surface area contributed by atoms with Crippen LogP contribution >= 0.6 is 0 Å². The van der Waals surface area contributed by atoms with Crippen LogP contribution in [-0.4, -0.2) is 48.6 Å². The molecule has 2 heterocycles. The summed E-state index contributed by atoms with van der Waals surface area (Å²) in [6.45, 7) is 14.3. The first-order valence-electron chi connectivity index (χ1n) is 7.97. The van der Waals surface area contributed by atoms with Crippen LogP contribution in [0.5, 0.6) is 0 Å². The Hall–Kier alpha value is -0.840. The zero-order valence-electron chi connectivity index (χ0n) is 13.2. The van der Waals surface area contributed by atoms with Gasteiger partial charge in [0.05, 0.1) is 12.8 Å². The molecular weight excluding hydrogens is 250 g/mol. The molecule has 4 heteroatoms. The van der Waals surface area contributed by atoms with Crippen molar-refractivity contribution < 1.29 is 4.42 Å². The summed E-state index contributed by atoms with van der Waals surface area (Å²) in [5.74, 6) is 1.13. The minimum Gasteiger partial charge on any atom is -0.468 e. The summed E-state index contributed by atoms with van der Waals surface area (Å²) >= 11 is 0. The van der Waals surface area contributed by atoms with Gasteiger partial charge in [0.2, 0.25) is 0 Å². The van der Waals surface area contributed by atoms with Crippen molar-refractivity contribution in [1.82, 2.24) is 15.1 Å². The topological polar surface area (TPSA) is 31.7 Å². The molecular formula is C16H29N3O. The third-order valence-electron chi connectivity index (χ3n) is 4.20. The van der Waals surface area contributed by atoms with Crippen molar-refractivity contribution in [2.24, 2.45) is 0 Å². The van der Waals surface area contributed by atoms with Gasteiger partial charge in [-0.2, -0.15) is 0 Å². The number of nitrogens with one attached hydrogen (secondary N) is 1. The molecule has 1 fully saturated rings. The lowest BCUT2D eigenvalue weighted by molar-refractivity contribution is 0.0787. The first-order valence-corrected chi connectivity index (χ1v) is 7.97. The van der Waals surface area contributed by atoms with Crippen molar-refractivity contribution in [2.75, 3.05) is 32.7 Å². The van der Waals surface area contributed by atoms with Crippen LogP contribution in [0.25, 0.3) is 0 Å². The van der Waals surface area contributed by atoms with Gasteiger partial charge in [0.25, 0.3) is 0 Å². The standard InChI is InChI=1S/C16H29N3O/c1-4-7-17-11-15-6-10-20-16(15)13-18-8-9-19(5-2)14(3)12-18/h6,10,14,17H,4-5,7-9,11-13H2,1-3H3. The van der Waals surface area contributed by atoms with Gasteiger partial charge in [-0.15, -0.1) is 0 Å². The second-order valence-corrected chi connectivity index (χ2v) is 5.76. The Balaban J connectivity index is 1.86. The highest BCUT2D eigenvalue weighted by Crippen LogP contribution is 2.16. The van der Waals surface area contributed by atoms with Crippen molar-refractivity contribution in [3.63, 3.8) is 0 Å². The summed E-state index contributed by atoms with van der Waals surface area (Å²) in [6, 6.07) is 2.74. The maximum Gasteiger partial charge on any atom is 0.122 e. The van der Waals surface area contributed by atoms with E-state index in [2.05, 4.69) is 42.0 Å². The molecule has 0 bridgehead atoms. The van der Waals surface area contributed by atoms with Crippen molar-refractivity contribution in [3.8, 4) is 0 Å². The Morgan fingerprint density at radius 2 is 2.20 bits per heavy atom. The fraction of sp³-hybridized carbons (Fsp3) is 0.750. The summed E-state index contributed by atoms with van der Waals surface area (Å²) in [5, 5.41) is 3.45. The normalized spacial score (nSPS) is 21.4. The molecule has 4 nitrogen and oxygen atoms in total. The summed E-state index contributed by atoms with van der Waals surface area (Å²) in [5.41, 5.74) is 1.31. The Labute approximate surface area is 123 Å². The largest absolute Gasteiger partial charge is 0.468 e. The van der Waals surface area contributed by atoms with E-state index in [1.54, 1.807) is 0 Å². The smallest absolute Gasteiger partial charge is 0.122 e. The Bertz CT molecular complexity index is 391. The van der Waals surface area contributed by atoms with Crippen molar-refractivity contribution in [1.29, 1.82) is 0 Å². The molecule has 0 aromatic carbocycles. The van der Waals surface area contributed by atoms with Gasteiger partial charge < -0.3 is 9.73 Å². The molecule has 1 aromatic rings. The molecule has 1 aliphatic heterocycles. The third kappa shape index (κ3) is 4.08. The van der Waals surface area contributed by atoms with Crippen LogP contribution in [0.1, 0.15) is 38.5 Å². The van der Waals surface area contributed by atoms with Crippen LogP contribution in [0, 0.1) is 0 Å². The first-order chi connectivity index (χ1) is 9.74. The molecule has 2 rings (SSSR count). The van der Waals surface area contributed by atoms with E-state index in [1.807, 2.05) is 6.26 Å². The lowest BCUT2D eigenvalue weighted by Gasteiger charge is -2.39. The van der Waals surface area contributed by atoms with Crippen LogP contribution < -0.4 is 5.32 Å². The number of rotatable bonds is 7. The van der Waals surface area contributed by atoms with Crippen LogP contribution in [0.15, 0.2) is 16.7 Å². The van der Waals surface area contributed by atoms with Crippen LogP contribution in [-0.2, 0) is 13.1 Å². The maximum absolute atomic E-state index is 5.69. The molecule has 0 saturated carbocycles. The fourth-order valence-electron chi connectivity index (χ4n) is 2.95. The number of nitrogens with zero attached hydrogens (tertiary/aromatic N) is 2. The highest BCUT2D eigenvalue weighted by molar-refractivity contribution is 5.17. The lowest BCUT2D eigenvalue weighted by atomic mass is 10.1. The molecule has 1 N–H and O–H groups in total. The van der Waals surface area contributed by atoms with E-state index in [4.69, 9.17) is 4.42 Å². The Morgan fingerprint density at radius 3 is 2.90 bits per heavy atom. The van der Waals surface area contributed by atoms with E-state index in [0.29, 0.717) is 6.04 Å². The van der Waals surface area contributed by atoms with Crippen LogP contribution in [0.2, 0.25) is 0 Å². The van der Waals surface area contributed by atoms with E-state index in [0.717, 1.165) is 45.0 Å². The monoisotopic (exact) mass is 279 g/mol. The maximum atomic E-state index is 5.69. The number of hydrogen-bond acceptors (Lipinski definition) is 4. The molecule has 1 aromatic heterocycles. The van der Waals surface area contributed by atoms with Gasteiger partial charge >= 0.3 is 0 Å². The zero-order chi connectivity index (χ0) is 14.4. The first kappa shape index (κ1) is 15.5. The average molecular weight is 279 g/mol. The SMILES string of the molecule is CCCNCc1ccoc1CN1CCN(CC)C(C)C1. The predicted octanol–water partition coefficient (Wildman–Crippen LogP) is 2.31. The summed E-state index contributed by atoms with van der Waals surface area (Å²) in [6.07, 6.45) is 2.99. The van der Waals surface area contributed by atoms with Gasteiger partial charge in [-0.3, -0.25) is 9.80 Å². The van der Waals surface area contributed by atoms with Crippen LogP contribution in [0.4, 0.5) is 0 Å². The number of hydrogen-bond donors (Lipinski definition) is 1. The number of likely N-dealkylation sites (N-methyl/N-ethyl adjacent to an activating group) is 1. The van der Waals surface area contributed by atoms with Gasteiger partial charge in [0.15, 0.2) is 0 Å². The third-order valence-corrected chi connectivity index (χ3v) is 4.20. The van der Waals surface area contributed by atoms with Crippen molar-refractivity contribution >= 4 is 0 Å². The van der Waals surface area contributed by atoms with E-state index in [1.165, 1.54) is 18.5 Å². The molecule has 1 aliphatic rings. The molecule has 0 spiro atoms. The highest BCUT2D eigenvalue weighted by atomic mass is 16.3. The average Bonchev–Trinajstić information content (AvgIpc) is 2.87. The van der Waals surface area contributed by atoms with E-state index >= 15 is 0 Å². The zero-order valence-corrected chi connectivity index (χ0v) is 13.2. The van der Waals surface area contributed by atoms with Crippen LogP contribution in [0.3, 0.4) is 0 Å². The molecule has 0 aliphatic carbocycles. The summed E-state index contributed by atoms with van der Waals surface area (Å²) in [4.78, 5) is 5.06. The highest BCUT2D eigenvalue weighted by Gasteiger charge is 2.23. The summed E-state index contributed by atoms with van der Waals surface area (Å²) < 4.78 is 5.69. The second-order valence-electron chi connectivity index (χ2n) is 5.76. The van der Waals surface area contributed by atoms with E-state index in [9.17, 15) is 0 Å². The lowest BCUT2D eigenvalue weighted by Crippen LogP contribution is -2.51. The molecule has 114 valence electrons. The number of furan rings is 1. The second kappa shape index (κ2) is 7.81. The minimum absolute atomic E-state index is 0.644. The summed E-state index contributed by atoms with van der Waals surface area (Å²) in [7, 11) is 0. The molecule has 0 radical (unpaired) electrons. The molecule has 1 saturated heterocycles. The predicted molar refractivity (Wildman–Crippen MR) is 82.7 cm³/mol. The van der Waals surface area contributed by atoms with Crippen molar-refractivity contribution in [3.05, 3.63) is 23.7 Å².